The first-order valence-electron chi connectivity index (χ1n) is 7.14. The van der Waals surface area contributed by atoms with Crippen molar-refractivity contribution in [3.8, 4) is 0 Å². The minimum Gasteiger partial charge on any atom is -0.347 e. The first-order valence-corrected chi connectivity index (χ1v) is 7.14. The minimum absolute atomic E-state index is 0.0903. The molecule has 1 aromatic carbocycles. The van der Waals surface area contributed by atoms with Gasteiger partial charge in [-0.2, -0.15) is 0 Å². The molecule has 1 heterocycles. The van der Waals surface area contributed by atoms with Gasteiger partial charge in [0.1, 0.15) is 5.69 Å². The third-order valence-corrected chi connectivity index (χ3v) is 3.37. The van der Waals surface area contributed by atoms with E-state index in [1.807, 2.05) is 12.1 Å². The number of rotatable bonds is 5. The molecule has 0 spiro atoms. The van der Waals surface area contributed by atoms with Crippen LogP contribution in [-0.2, 0) is 0 Å². The Kier molecular flexibility index (Phi) is 4.75. The molecule has 5 nitrogen and oxygen atoms in total. The van der Waals surface area contributed by atoms with Crippen molar-refractivity contribution in [2.24, 2.45) is 11.7 Å². The largest absolute Gasteiger partial charge is 0.347 e. The van der Waals surface area contributed by atoms with E-state index in [-0.39, 0.29) is 23.2 Å². The van der Waals surface area contributed by atoms with Gasteiger partial charge in [-0.25, -0.2) is 0 Å². The molecular weight excluding hydrogens is 266 g/mol. The van der Waals surface area contributed by atoms with Crippen LogP contribution >= 0.6 is 0 Å². The smallest absolute Gasteiger partial charge is 0.268 e. The molecule has 1 atom stereocenters. The molecule has 0 aliphatic carbocycles. The molecule has 112 valence electrons. The first kappa shape index (κ1) is 15.3. The molecule has 0 radical (unpaired) electrons. The fourth-order valence-corrected chi connectivity index (χ4v) is 2.38. The zero-order valence-electron chi connectivity index (χ0n) is 12.3. The molecule has 2 aromatic rings. The lowest BCUT2D eigenvalue weighted by Crippen LogP contribution is -2.41. The van der Waals surface area contributed by atoms with Crippen molar-refractivity contribution in [1.82, 2.24) is 10.3 Å². The van der Waals surface area contributed by atoms with Crippen LogP contribution < -0.4 is 16.6 Å². The molecule has 21 heavy (non-hydrogen) atoms. The highest BCUT2D eigenvalue weighted by Gasteiger charge is 2.15. The maximum Gasteiger partial charge on any atom is 0.268 e. The summed E-state index contributed by atoms with van der Waals surface area (Å²) in [6.07, 6.45) is 0.806. The van der Waals surface area contributed by atoms with Gasteiger partial charge in [0.15, 0.2) is 0 Å². The van der Waals surface area contributed by atoms with Gasteiger partial charge >= 0.3 is 0 Å². The quantitative estimate of drug-likeness (QED) is 0.781. The highest BCUT2D eigenvalue weighted by molar-refractivity contribution is 5.96. The van der Waals surface area contributed by atoms with Crippen molar-refractivity contribution in [2.45, 2.75) is 26.3 Å². The predicted molar refractivity (Wildman–Crippen MR) is 84.3 cm³/mol. The standard InChI is InChI=1S/C16H21N3O2/c1-10(2)7-12(9-17)18-16(21)14-8-11-5-3-4-6-13(11)15(20)19-14/h3-6,8,10,12H,7,9,17H2,1-2H3,(H,18,21)(H,19,20). The topological polar surface area (TPSA) is 88.0 Å². The summed E-state index contributed by atoms with van der Waals surface area (Å²) in [4.78, 5) is 26.9. The molecule has 0 aliphatic rings. The van der Waals surface area contributed by atoms with E-state index >= 15 is 0 Å². The van der Waals surface area contributed by atoms with Gasteiger partial charge in [-0.1, -0.05) is 32.0 Å². The van der Waals surface area contributed by atoms with E-state index < -0.39 is 0 Å². The van der Waals surface area contributed by atoms with Crippen LogP contribution in [0.15, 0.2) is 35.1 Å². The zero-order chi connectivity index (χ0) is 15.4. The van der Waals surface area contributed by atoms with Crippen LogP contribution in [0.2, 0.25) is 0 Å². The Morgan fingerprint density at radius 1 is 1.33 bits per heavy atom. The van der Waals surface area contributed by atoms with Gasteiger partial charge in [-0.15, -0.1) is 0 Å². The summed E-state index contributed by atoms with van der Waals surface area (Å²) >= 11 is 0. The second-order valence-electron chi connectivity index (χ2n) is 5.64. The van der Waals surface area contributed by atoms with Crippen LogP contribution in [0.1, 0.15) is 30.8 Å². The summed E-state index contributed by atoms with van der Waals surface area (Å²) < 4.78 is 0. The zero-order valence-corrected chi connectivity index (χ0v) is 12.3. The Hall–Kier alpha value is -2.14. The fourth-order valence-electron chi connectivity index (χ4n) is 2.38. The van der Waals surface area contributed by atoms with E-state index in [1.54, 1.807) is 18.2 Å². The normalized spacial score (nSPS) is 12.6. The van der Waals surface area contributed by atoms with E-state index in [9.17, 15) is 9.59 Å². The van der Waals surface area contributed by atoms with Crippen LogP contribution in [0.5, 0.6) is 0 Å². The summed E-state index contributed by atoms with van der Waals surface area (Å²) in [5.74, 6) is 0.142. The Morgan fingerprint density at radius 3 is 2.71 bits per heavy atom. The van der Waals surface area contributed by atoms with Crippen LogP contribution in [0.3, 0.4) is 0 Å². The summed E-state index contributed by atoms with van der Waals surface area (Å²) in [7, 11) is 0. The van der Waals surface area contributed by atoms with Crippen LogP contribution in [0, 0.1) is 5.92 Å². The van der Waals surface area contributed by atoms with Crippen LogP contribution in [0.25, 0.3) is 10.8 Å². The van der Waals surface area contributed by atoms with E-state index in [2.05, 4.69) is 24.1 Å². The predicted octanol–water partition coefficient (Wildman–Crippen LogP) is 1.63. The van der Waals surface area contributed by atoms with Gasteiger partial charge in [0.05, 0.1) is 0 Å². The van der Waals surface area contributed by atoms with Crippen molar-refractivity contribution >= 4 is 16.7 Å². The Balaban J connectivity index is 2.25. The number of hydrogen-bond donors (Lipinski definition) is 3. The molecule has 0 saturated heterocycles. The molecule has 5 heteroatoms. The van der Waals surface area contributed by atoms with Crippen molar-refractivity contribution < 1.29 is 4.79 Å². The van der Waals surface area contributed by atoms with E-state index in [0.717, 1.165) is 11.8 Å². The van der Waals surface area contributed by atoms with Gasteiger partial charge in [0, 0.05) is 18.0 Å². The summed E-state index contributed by atoms with van der Waals surface area (Å²) in [5.41, 5.74) is 5.69. The molecule has 0 fully saturated rings. The lowest BCUT2D eigenvalue weighted by molar-refractivity contribution is 0.0928. The molecule has 4 N–H and O–H groups in total. The van der Waals surface area contributed by atoms with E-state index in [0.29, 0.717) is 17.8 Å². The van der Waals surface area contributed by atoms with Gasteiger partial charge in [-0.3, -0.25) is 9.59 Å². The number of fused-ring (bicyclic) bond motifs is 1. The van der Waals surface area contributed by atoms with Gasteiger partial charge in [0.25, 0.3) is 11.5 Å². The van der Waals surface area contributed by atoms with Crippen molar-refractivity contribution in [1.29, 1.82) is 0 Å². The maximum atomic E-state index is 12.3. The molecule has 1 amide bonds. The minimum atomic E-state index is -0.297. The molecular formula is C16H21N3O2. The van der Waals surface area contributed by atoms with Crippen LogP contribution in [-0.4, -0.2) is 23.5 Å². The molecule has 0 aliphatic heterocycles. The Morgan fingerprint density at radius 2 is 2.05 bits per heavy atom. The monoisotopic (exact) mass is 287 g/mol. The number of aromatic amines is 1. The Labute approximate surface area is 123 Å². The van der Waals surface area contributed by atoms with Crippen LogP contribution in [0.4, 0.5) is 0 Å². The summed E-state index contributed by atoms with van der Waals surface area (Å²) in [6, 6.07) is 8.78. The van der Waals surface area contributed by atoms with Crippen molar-refractivity contribution in [2.75, 3.05) is 6.54 Å². The number of nitrogens with two attached hydrogens (primary N) is 1. The number of carbonyl (C=O) groups is 1. The van der Waals surface area contributed by atoms with E-state index in [1.165, 1.54) is 0 Å². The number of pyridine rings is 1. The Bertz CT molecular complexity index is 691. The molecule has 1 unspecified atom stereocenters. The average Bonchev–Trinajstić information content (AvgIpc) is 2.46. The van der Waals surface area contributed by atoms with Gasteiger partial charge < -0.3 is 16.0 Å². The summed E-state index contributed by atoms with van der Waals surface area (Å²) in [6.45, 7) is 4.53. The number of aromatic nitrogens is 1. The van der Waals surface area contributed by atoms with E-state index in [4.69, 9.17) is 5.73 Å². The molecule has 0 saturated carbocycles. The number of hydrogen-bond acceptors (Lipinski definition) is 3. The van der Waals surface area contributed by atoms with Crippen molar-refractivity contribution in [3.05, 3.63) is 46.4 Å². The lowest BCUT2D eigenvalue weighted by atomic mass is 10.0. The van der Waals surface area contributed by atoms with Gasteiger partial charge in [0.2, 0.25) is 0 Å². The number of amides is 1. The summed E-state index contributed by atoms with van der Waals surface area (Å²) in [5, 5.41) is 4.20. The highest BCUT2D eigenvalue weighted by Crippen LogP contribution is 2.10. The average molecular weight is 287 g/mol. The molecule has 1 aromatic heterocycles. The molecule has 2 rings (SSSR count). The second kappa shape index (κ2) is 6.54. The van der Waals surface area contributed by atoms with Gasteiger partial charge in [-0.05, 0) is 29.9 Å². The molecule has 0 bridgehead atoms. The number of nitrogens with one attached hydrogen (secondary N) is 2. The SMILES string of the molecule is CC(C)CC(CN)NC(=O)c1cc2ccccc2c(=O)[nH]1. The lowest BCUT2D eigenvalue weighted by Gasteiger charge is -2.18. The first-order chi connectivity index (χ1) is 10.0. The number of carbonyl (C=O) groups excluding carboxylic acids is 1. The third kappa shape index (κ3) is 3.70. The number of H-pyrrole nitrogens is 1. The van der Waals surface area contributed by atoms with Crippen molar-refractivity contribution in [3.63, 3.8) is 0 Å². The fraction of sp³-hybridized carbons (Fsp3) is 0.375. The highest BCUT2D eigenvalue weighted by atomic mass is 16.2. The second-order valence-corrected chi connectivity index (χ2v) is 5.64. The number of benzene rings is 1. The maximum absolute atomic E-state index is 12.3. The third-order valence-electron chi connectivity index (χ3n) is 3.37.